The molecule has 2 aromatic heterocycles. The van der Waals surface area contributed by atoms with Gasteiger partial charge in [-0.05, 0) is 26.7 Å². The normalized spacial score (nSPS) is 14.9. The molecule has 19 heteroatoms. The molecular weight excluding hydrogens is 628 g/mol. The van der Waals surface area contributed by atoms with Gasteiger partial charge in [-0.2, -0.15) is 9.79 Å². The maximum absolute atomic E-state index is 15.2. The molecule has 0 bridgehead atoms. The number of hydrogen-bond acceptors (Lipinski definition) is 9. The lowest BCUT2D eigenvalue weighted by molar-refractivity contribution is 0.0695. The third-order valence-electron chi connectivity index (χ3n) is 6.21. The van der Waals surface area contributed by atoms with Gasteiger partial charge < -0.3 is 19.8 Å². The fourth-order valence-corrected chi connectivity index (χ4v) is 5.75. The number of aliphatic hydroxyl groups excluding tert-OH is 1. The summed E-state index contributed by atoms with van der Waals surface area (Å²) in [6.45, 7) is 3.95. The number of carboxylic acid groups (broad SMARTS) is 1. The lowest BCUT2D eigenvalue weighted by Gasteiger charge is -2.40. The van der Waals surface area contributed by atoms with E-state index in [2.05, 4.69) is 9.72 Å². The molecular formula is C23H21ClF2N4O10P2+2. The van der Waals surface area contributed by atoms with E-state index in [1.54, 1.807) is 24.1 Å². The monoisotopic (exact) mass is 648 g/mol. The van der Waals surface area contributed by atoms with Crippen LogP contribution in [0.1, 0.15) is 35.7 Å². The number of carboxylic acids is 1. The molecule has 2 atom stereocenters. The maximum Gasteiger partial charge on any atom is 0.611 e. The first-order chi connectivity index (χ1) is 19.6. The Morgan fingerprint density at radius 3 is 2.31 bits per heavy atom. The van der Waals surface area contributed by atoms with Gasteiger partial charge in [-0.1, -0.05) is 25.4 Å². The maximum atomic E-state index is 15.2. The zero-order chi connectivity index (χ0) is 31.2. The van der Waals surface area contributed by atoms with E-state index < -0.39 is 74.1 Å². The number of nitrogens with zero attached hydrogens (tertiary/aromatic N) is 3. The van der Waals surface area contributed by atoms with Crippen molar-refractivity contribution in [2.75, 3.05) is 23.3 Å². The van der Waals surface area contributed by atoms with Crippen molar-refractivity contribution < 1.29 is 52.2 Å². The molecule has 1 amide bonds. The Morgan fingerprint density at radius 1 is 1.17 bits per heavy atom. The Hall–Kier alpha value is -3.65. The standard InChI is InChI=1S/C23H19ClF2N4O10P2/c1-8(2)10-3-11-17(15(24)16(10)29-5-9(31)6-29)30(7-12(18(11)32)21(33)34)20-14(26)4-13(25)19(27-20)28-22(35)40-23(41(36)37)42(38)39/h3-4,7-9,23,31H,5-6H2,1-2H3,(H2-2,27,28,33,34,35,36,37,38,39)/p+2. The minimum Gasteiger partial charge on any atom is -0.477 e. The van der Waals surface area contributed by atoms with E-state index in [4.69, 9.17) is 21.4 Å². The van der Waals surface area contributed by atoms with Crippen molar-refractivity contribution in [3.05, 3.63) is 56.3 Å². The van der Waals surface area contributed by atoms with E-state index in [0.29, 0.717) is 11.3 Å². The Kier molecular flexibility index (Phi) is 8.88. The number of carbonyl (C=O) groups is 2. The Labute approximate surface area is 240 Å². The van der Waals surface area contributed by atoms with Crippen LogP contribution >= 0.6 is 27.7 Å². The predicted molar refractivity (Wildman–Crippen MR) is 145 cm³/mol. The second-order valence-corrected chi connectivity index (χ2v) is 12.3. The van der Waals surface area contributed by atoms with Crippen LogP contribution in [0.3, 0.4) is 0 Å². The Bertz CT molecular complexity index is 1720. The topological polar surface area (TPSA) is 209 Å². The molecule has 3 aromatic rings. The van der Waals surface area contributed by atoms with Gasteiger partial charge in [0.25, 0.3) is 0 Å². The third-order valence-corrected chi connectivity index (χ3v) is 8.72. The third kappa shape index (κ3) is 5.82. The van der Waals surface area contributed by atoms with Crippen LogP contribution in [0, 0.1) is 11.6 Å². The quantitative estimate of drug-likeness (QED) is 0.222. The minimum absolute atomic E-state index is 0.127. The Morgan fingerprint density at radius 2 is 1.79 bits per heavy atom. The van der Waals surface area contributed by atoms with E-state index in [1.165, 1.54) is 6.07 Å². The number of β-amino-alcohol motifs (C(OH)–C–C–N with tert-alkyl or cyclic N) is 1. The molecule has 42 heavy (non-hydrogen) atoms. The summed E-state index contributed by atoms with van der Waals surface area (Å²) in [5.74, 6) is -6.63. The van der Waals surface area contributed by atoms with Crippen LogP contribution < -0.4 is 15.6 Å². The van der Waals surface area contributed by atoms with E-state index in [0.717, 1.165) is 10.8 Å². The minimum atomic E-state index is -3.48. The molecule has 14 nitrogen and oxygen atoms in total. The largest absolute Gasteiger partial charge is 0.611 e. The first-order valence-electron chi connectivity index (χ1n) is 11.8. The van der Waals surface area contributed by atoms with Gasteiger partial charge >= 0.3 is 33.7 Å². The lowest BCUT2D eigenvalue weighted by atomic mass is 9.95. The number of aliphatic hydroxyl groups is 1. The summed E-state index contributed by atoms with van der Waals surface area (Å²) in [6.07, 6.45) is -1.64. The van der Waals surface area contributed by atoms with Crippen LogP contribution in [-0.2, 0) is 13.9 Å². The fraction of sp³-hybridized carbons (Fsp3) is 0.304. The van der Waals surface area contributed by atoms with Gasteiger partial charge in [-0.15, -0.1) is 0 Å². The highest BCUT2D eigenvalue weighted by Gasteiger charge is 2.52. The smallest absolute Gasteiger partial charge is 0.477 e. The average molecular weight is 649 g/mol. The first-order valence-corrected chi connectivity index (χ1v) is 14.8. The summed E-state index contributed by atoms with van der Waals surface area (Å²) in [6, 6.07) is 1.66. The second kappa shape index (κ2) is 11.9. The zero-order valence-corrected chi connectivity index (χ0v) is 24.0. The van der Waals surface area contributed by atoms with Crippen molar-refractivity contribution in [2.45, 2.75) is 31.5 Å². The van der Waals surface area contributed by atoms with Crippen LogP contribution in [-0.4, -0.2) is 66.4 Å². The fourth-order valence-electron chi connectivity index (χ4n) is 4.28. The summed E-state index contributed by atoms with van der Waals surface area (Å²) in [5.41, 5.74) is -3.45. The molecule has 1 aliphatic heterocycles. The number of amides is 1. The van der Waals surface area contributed by atoms with Crippen molar-refractivity contribution in [3.63, 3.8) is 0 Å². The molecule has 0 saturated carbocycles. The number of benzene rings is 1. The molecule has 0 aliphatic carbocycles. The van der Waals surface area contributed by atoms with Crippen LogP contribution in [0.25, 0.3) is 16.7 Å². The van der Waals surface area contributed by atoms with Crippen molar-refractivity contribution in [3.8, 4) is 5.82 Å². The number of aromatic nitrogens is 2. The first kappa shape index (κ1) is 31.3. The molecule has 4 rings (SSSR count). The van der Waals surface area contributed by atoms with E-state index in [9.17, 15) is 38.1 Å². The van der Waals surface area contributed by atoms with Gasteiger partial charge in [0.2, 0.25) is 5.43 Å². The molecule has 0 spiro atoms. The summed E-state index contributed by atoms with van der Waals surface area (Å²) < 4.78 is 57.4. The molecule has 2 unspecified atom stereocenters. The number of aromatic carboxylic acids is 1. The number of nitrogens with one attached hydrogen (secondary N) is 1. The second-order valence-electron chi connectivity index (χ2n) is 9.37. The number of pyridine rings is 2. The number of ether oxygens (including phenoxy) is 1. The molecule has 0 radical (unpaired) electrons. The Balaban J connectivity index is 1.96. The SMILES string of the molecule is CC(C)c1cc2c(=O)c(C(=O)O)cn(-c3nc(NC(=O)OC([P+](=O)O)[P+](=O)O)c(F)cc3F)c2c(Cl)c1N1CC(O)C1. The molecule has 3 heterocycles. The summed E-state index contributed by atoms with van der Waals surface area (Å²) in [7, 11) is -6.97. The van der Waals surface area contributed by atoms with Crippen LogP contribution in [0.15, 0.2) is 23.1 Å². The van der Waals surface area contributed by atoms with Crippen molar-refractivity contribution >= 4 is 62.1 Å². The highest BCUT2D eigenvalue weighted by atomic mass is 35.5. The van der Waals surface area contributed by atoms with Gasteiger partial charge in [-0.3, -0.25) is 14.7 Å². The lowest BCUT2D eigenvalue weighted by Crippen LogP contribution is -2.51. The molecule has 222 valence electrons. The highest BCUT2D eigenvalue weighted by Crippen LogP contribution is 2.43. The van der Waals surface area contributed by atoms with E-state index in [1.807, 2.05) is 0 Å². The number of rotatable bonds is 8. The number of fused-ring (bicyclic) bond motifs is 1. The van der Waals surface area contributed by atoms with Crippen molar-refractivity contribution in [1.82, 2.24) is 9.55 Å². The van der Waals surface area contributed by atoms with Gasteiger partial charge in [0.1, 0.15) is 5.56 Å². The van der Waals surface area contributed by atoms with Crippen molar-refractivity contribution in [2.24, 2.45) is 0 Å². The van der Waals surface area contributed by atoms with Gasteiger partial charge in [0.05, 0.1) is 22.3 Å². The molecule has 1 saturated heterocycles. The molecule has 5 N–H and O–H groups in total. The number of anilines is 2. The summed E-state index contributed by atoms with van der Waals surface area (Å²) in [5, 5.41) is 20.9. The number of halogens is 3. The molecule has 1 fully saturated rings. The summed E-state index contributed by atoms with van der Waals surface area (Å²) >= 11 is 6.78. The van der Waals surface area contributed by atoms with Crippen LogP contribution in [0.5, 0.6) is 0 Å². The molecule has 1 aromatic carbocycles. The van der Waals surface area contributed by atoms with E-state index >= 15 is 4.39 Å². The molecule has 1 aliphatic rings. The van der Waals surface area contributed by atoms with Crippen LogP contribution in [0.4, 0.5) is 25.1 Å². The average Bonchev–Trinajstić information content (AvgIpc) is 2.87. The number of carbonyl (C=O) groups excluding carboxylic acids is 1. The zero-order valence-electron chi connectivity index (χ0n) is 21.5. The predicted octanol–water partition coefficient (Wildman–Crippen LogP) is 3.62. The van der Waals surface area contributed by atoms with Gasteiger partial charge in [0.15, 0.2) is 23.3 Å². The summed E-state index contributed by atoms with van der Waals surface area (Å²) in [4.78, 5) is 60.9. The van der Waals surface area contributed by atoms with Crippen LogP contribution in [0.2, 0.25) is 5.02 Å². The number of hydrogen-bond donors (Lipinski definition) is 5. The van der Waals surface area contributed by atoms with Gasteiger partial charge in [-0.25, -0.2) is 23.4 Å². The van der Waals surface area contributed by atoms with Crippen molar-refractivity contribution in [1.29, 1.82) is 0 Å². The van der Waals surface area contributed by atoms with Gasteiger partial charge in [0, 0.05) is 30.7 Å². The highest BCUT2D eigenvalue weighted by molar-refractivity contribution is 7.57. The van der Waals surface area contributed by atoms with E-state index in [-0.39, 0.29) is 41.0 Å².